The molecule has 1 fully saturated rings. The molecule has 3 aromatic carbocycles. The zero-order valence-electron chi connectivity index (χ0n) is 18.4. The standard InChI is InChI=1S/C27H28N2O3/c1-31-26-18-23(11-12-25(26)32-16-15-28-13-5-6-14-28)29-19-22-10-9-21(17-24(22)27(29)30)20-7-3-2-4-8-20/h2-4,7-12,17-18H,5-6,13-16,19H2,1H3. The molecule has 1 saturated heterocycles. The molecule has 3 aromatic rings. The van der Waals surface area contributed by atoms with Gasteiger partial charge in [-0.2, -0.15) is 0 Å². The molecule has 164 valence electrons. The van der Waals surface area contributed by atoms with Crippen molar-refractivity contribution in [3.05, 3.63) is 77.9 Å². The number of fused-ring (bicyclic) bond motifs is 1. The summed E-state index contributed by atoms with van der Waals surface area (Å²) >= 11 is 0. The Bertz CT molecular complexity index is 1110. The Morgan fingerprint density at radius 3 is 2.47 bits per heavy atom. The number of benzene rings is 3. The molecule has 5 heteroatoms. The predicted octanol–water partition coefficient (Wildman–Crippen LogP) is 5.00. The summed E-state index contributed by atoms with van der Waals surface area (Å²) < 4.78 is 11.6. The fraction of sp³-hybridized carbons (Fsp3) is 0.296. The van der Waals surface area contributed by atoms with Crippen LogP contribution in [0.25, 0.3) is 11.1 Å². The highest BCUT2D eigenvalue weighted by atomic mass is 16.5. The van der Waals surface area contributed by atoms with Crippen LogP contribution in [0.2, 0.25) is 0 Å². The van der Waals surface area contributed by atoms with E-state index in [9.17, 15) is 4.79 Å². The molecule has 2 aliphatic heterocycles. The van der Waals surface area contributed by atoms with E-state index in [0.29, 0.717) is 24.7 Å². The number of anilines is 1. The number of rotatable bonds is 7. The molecular formula is C27H28N2O3. The van der Waals surface area contributed by atoms with Crippen molar-refractivity contribution in [3.8, 4) is 22.6 Å². The van der Waals surface area contributed by atoms with E-state index in [1.165, 1.54) is 12.8 Å². The van der Waals surface area contributed by atoms with Crippen LogP contribution >= 0.6 is 0 Å². The fourth-order valence-electron chi connectivity index (χ4n) is 4.55. The zero-order chi connectivity index (χ0) is 21.9. The van der Waals surface area contributed by atoms with E-state index < -0.39 is 0 Å². The van der Waals surface area contributed by atoms with Gasteiger partial charge in [-0.15, -0.1) is 0 Å². The number of hydrogen-bond donors (Lipinski definition) is 0. The van der Waals surface area contributed by atoms with Gasteiger partial charge in [-0.1, -0.05) is 42.5 Å². The molecule has 0 aliphatic carbocycles. The molecule has 0 aromatic heterocycles. The van der Waals surface area contributed by atoms with Crippen LogP contribution in [0.1, 0.15) is 28.8 Å². The molecule has 0 bridgehead atoms. The number of hydrogen-bond acceptors (Lipinski definition) is 4. The minimum absolute atomic E-state index is 0.0162. The van der Waals surface area contributed by atoms with Gasteiger partial charge in [-0.05, 0) is 60.8 Å². The maximum atomic E-state index is 13.2. The van der Waals surface area contributed by atoms with Gasteiger partial charge in [0.2, 0.25) is 0 Å². The molecule has 5 nitrogen and oxygen atoms in total. The van der Waals surface area contributed by atoms with Gasteiger partial charge in [0.15, 0.2) is 11.5 Å². The molecule has 1 amide bonds. The lowest BCUT2D eigenvalue weighted by Crippen LogP contribution is -2.25. The number of carbonyl (C=O) groups is 1. The van der Waals surface area contributed by atoms with Crippen molar-refractivity contribution in [3.63, 3.8) is 0 Å². The van der Waals surface area contributed by atoms with E-state index in [4.69, 9.17) is 9.47 Å². The zero-order valence-corrected chi connectivity index (χ0v) is 18.4. The van der Waals surface area contributed by atoms with E-state index in [1.807, 2.05) is 42.5 Å². The first-order valence-electron chi connectivity index (χ1n) is 11.3. The average molecular weight is 429 g/mol. The van der Waals surface area contributed by atoms with Crippen LogP contribution in [0.15, 0.2) is 66.7 Å². The van der Waals surface area contributed by atoms with E-state index in [1.54, 1.807) is 12.0 Å². The normalized spacial score (nSPS) is 15.8. The molecule has 2 aliphatic rings. The van der Waals surface area contributed by atoms with Crippen LogP contribution < -0.4 is 14.4 Å². The average Bonchev–Trinajstić information content (AvgIpc) is 3.47. The van der Waals surface area contributed by atoms with Gasteiger partial charge in [0.25, 0.3) is 5.91 Å². The van der Waals surface area contributed by atoms with E-state index in [0.717, 1.165) is 47.6 Å². The second kappa shape index (κ2) is 9.05. The third-order valence-electron chi connectivity index (χ3n) is 6.34. The highest BCUT2D eigenvalue weighted by molar-refractivity contribution is 6.10. The maximum absolute atomic E-state index is 13.2. The molecule has 0 radical (unpaired) electrons. The second-order valence-corrected chi connectivity index (χ2v) is 8.36. The Kier molecular flexibility index (Phi) is 5.82. The molecule has 0 spiro atoms. The molecular weight excluding hydrogens is 400 g/mol. The van der Waals surface area contributed by atoms with Gasteiger partial charge in [-0.25, -0.2) is 0 Å². The Labute approximate surface area is 189 Å². The van der Waals surface area contributed by atoms with Crippen molar-refractivity contribution in [2.45, 2.75) is 19.4 Å². The lowest BCUT2D eigenvalue weighted by molar-refractivity contribution is 0.0996. The summed E-state index contributed by atoms with van der Waals surface area (Å²) in [5, 5.41) is 0. The summed E-state index contributed by atoms with van der Waals surface area (Å²) in [6.07, 6.45) is 2.55. The smallest absolute Gasteiger partial charge is 0.258 e. The number of carbonyl (C=O) groups excluding carboxylic acids is 1. The Morgan fingerprint density at radius 1 is 0.875 bits per heavy atom. The molecule has 5 rings (SSSR count). The third-order valence-corrected chi connectivity index (χ3v) is 6.34. The first kappa shape index (κ1) is 20.6. The van der Waals surface area contributed by atoms with Gasteiger partial charge >= 0.3 is 0 Å². The SMILES string of the molecule is COc1cc(N2Cc3ccc(-c4ccccc4)cc3C2=O)ccc1OCCN1CCCC1. The topological polar surface area (TPSA) is 42.0 Å². The fourth-order valence-corrected chi connectivity index (χ4v) is 4.55. The monoisotopic (exact) mass is 428 g/mol. The minimum Gasteiger partial charge on any atom is -0.493 e. The minimum atomic E-state index is 0.0162. The van der Waals surface area contributed by atoms with E-state index >= 15 is 0 Å². The highest BCUT2D eigenvalue weighted by Gasteiger charge is 2.29. The molecule has 0 unspecified atom stereocenters. The quantitative estimate of drug-likeness (QED) is 0.531. The summed E-state index contributed by atoms with van der Waals surface area (Å²) in [7, 11) is 1.64. The van der Waals surface area contributed by atoms with Crippen LogP contribution in [0.5, 0.6) is 11.5 Å². The number of ether oxygens (including phenoxy) is 2. The summed E-state index contributed by atoms with van der Waals surface area (Å²) in [5.74, 6) is 1.38. The van der Waals surface area contributed by atoms with Gasteiger partial charge in [0, 0.05) is 23.9 Å². The molecule has 0 atom stereocenters. The summed E-state index contributed by atoms with van der Waals surface area (Å²) in [4.78, 5) is 17.5. The van der Waals surface area contributed by atoms with Crippen LogP contribution in [-0.2, 0) is 6.54 Å². The molecule has 0 saturated carbocycles. The lowest BCUT2D eigenvalue weighted by atomic mass is 10.0. The van der Waals surface area contributed by atoms with Crippen molar-refractivity contribution in [1.82, 2.24) is 4.90 Å². The number of amides is 1. The number of nitrogens with zero attached hydrogens (tertiary/aromatic N) is 2. The van der Waals surface area contributed by atoms with Gasteiger partial charge in [0.05, 0.1) is 13.7 Å². The van der Waals surface area contributed by atoms with Gasteiger partial charge < -0.3 is 14.4 Å². The lowest BCUT2D eigenvalue weighted by Gasteiger charge is -2.19. The van der Waals surface area contributed by atoms with Crippen molar-refractivity contribution in [2.75, 3.05) is 38.3 Å². The Morgan fingerprint density at radius 2 is 1.69 bits per heavy atom. The van der Waals surface area contributed by atoms with Crippen molar-refractivity contribution >= 4 is 11.6 Å². The summed E-state index contributed by atoms with van der Waals surface area (Å²) in [6, 6.07) is 22.0. The van der Waals surface area contributed by atoms with Gasteiger partial charge in [-0.3, -0.25) is 9.69 Å². The maximum Gasteiger partial charge on any atom is 0.258 e. The predicted molar refractivity (Wildman–Crippen MR) is 127 cm³/mol. The summed E-state index contributed by atoms with van der Waals surface area (Å²) in [6.45, 7) is 4.42. The van der Waals surface area contributed by atoms with Crippen LogP contribution in [0.4, 0.5) is 5.69 Å². The second-order valence-electron chi connectivity index (χ2n) is 8.36. The van der Waals surface area contributed by atoms with Crippen LogP contribution in [0.3, 0.4) is 0 Å². The number of methoxy groups -OCH3 is 1. The van der Waals surface area contributed by atoms with Crippen molar-refractivity contribution in [1.29, 1.82) is 0 Å². The van der Waals surface area contributed by atoms with Crippen molar-refractivity contribution in [2.24, 2.45) is 0 Å². The first-order chi connectivity index (χ1) is 15.7. The first-order valence-corrected chi connectivity index (χ1v) is 11.3. The highest BCUT2D eigenvalue weighted by Crippen LogP contribution is 2.36. The van der Waals surface area contributed by atoms with Crippen LogP contribution in [0, 0.1) is 0 Å². The van der Waals surface area contributed by atoms with E-state index in [-0.39, 0.29) is 5.91 Å². The largest absolute Gasteiger partial charge is 0.493 e. The molecule has 0 N–H and O–H groups in total. The molecule has 32 heavy (non-hydrogen) atoms. The Balaban J connectivity index is 1.32. The number of likely N-dealkylation sites (tertiary alicyclic amines) is 1. The summed E-state index contributed by atoms with van der Waals surface area (Å²) in [5.41, 5.74) is 4.78. The Hall–Kier alpha value is -3.31. The molecule has 2 heterocycles. The third kappa shape index (κ3) is 4.08. The van der Waals surface area contributed by atoms with Crippen molar-refractivity contribution < 1.29 is 14.3 Å². The van der Waals surface area contributed by atoms with Crippen LogP contribution in [-0.4, -0.2) is 44.2 Å². The van der Waals surface area contributed by atoms with E-state index in [2.05, 4.69) is 29.2 Å². The van der Waals surface area contributed by atoms with Gasteiger partial charge in [0.1, 0.15) is 6.61 Å².